The van der Waals surface area contributed by atoms with Gasteiger partial charge in [0.15, 0.2) is 16.8 Å². The number of carbonyl (C=O) groups is 1. The quantitative estimate of drug-likeness (QED) is 0.483. The third kappa shape index (κ3) is 3.42. The van der Waals surface area contributed by atoms with Gasteiger partial charge in [0.2, 0.25) is 0 Å². The zero-order valence-corrected chi connectivity index (χ0v) is 15.7. The summed E-state index contributed by atoms with van der Waals surface area (Å²) in [5.74, 6) is 1.35. The maximum Gasteiger partial charge on any atom is 0.192 e. The van der Waals surface area contributed by atoms with Crippen LogP contribution >= 0.6 is 11.8 Å². The van der Waals surface area contributed by atoms with Crippen LogP contribution in [-0.2, 0) is 0 Å². The lowest BCUT2D eigenvalue weighted by Crippen LogP contribution is -2.07. The van der Waals surface area contributed by atoms with Gasteiger partial charge < -0.3 is 0 Å². The number of hydrogen-bond donors (Lipinski definition) is 0. The second-order valence-electron chi connectivity index (χ2n) is 6.67. The number of aromatic nitrogens is 4. The van der Waals surface area contributed by atoms with Crippen molar-refractivity contribution in [2.45, 2.75) is 37.9 Å². The van der Waals surface area contributed by atoms with E-state index in [0.717, 1.165) is 40.5 Å². The Balaban J connectivity index is 1.55. The minimum atomic E-state index is 0.128. The first-order chi connectivity index (χ1) is 12.6. The van der Waals surface area contributed by atoms with Crippen molar-refractivity contribution in [1.29, 1.82) is 0 Å². The highest BCUT2D eigenvalue weighted by Gasteiger charge is 2.30. The molecule has 0 saturated heterocycles. The Morgan fingerprint density at radius 3 is 2.62 bits per heavy atom. The van der Waals surface area contributed by atoms with E-state index in [1.54, 1.807) is 12.4 Å². The van der Waals surface area contributed by atoms with Crippen LogP contribution in [-0.4, -0.2) is 31.3 Å². The predicted molar refractivity (Wildman–Crippen MR) is 102 cm³/mol. The Labute approximate surface area is 156 Å². The normalized spacial score (nSPS) is 13.8. The second kappa shape index (κ2) is 7.03. The van der Waals surface area contributed by atoms with E-state index >= 15 is 0 Å². The van der Waals surface area contributed by atoms with E-state index < -0.39 is 0 Å². The zero-order valence-electron chi connectivity index (χ0n) is 14.8. The molecule has 5 nitrogen and oxygen atoms in total. The molecule has 0 unspecified atom stereocenters. The smallest absolute Gasteiger partial charge is 0.192 e. The third-order valence-corrected chi connectivity index (χ3v) is 5.47. The van der Waals surface area contributed by atoms with E-state index in [2.05, 4.69) is 19.7 Å². The third-order valence-electron chi connectivity index (χ3n) is 4.53. The maximum absolute atomic E-state index is 12.6. The van der Waals surface area contributed by atoms with Gasteiger partial charge >= 0.3 is 0 Å². The minimum absolute atomic E-state index is 0.128. The molecule has 0 N–H and O–H groups in total. The predicted octanol–water partition coefficient (Wildman–Crippen LogP) is 4.27. The van der Waals surface area contributed by atoms with Crippen molar-refractivity contribution in [3.63, 3.8) is 0 Å². The summed E-state index contributed by atoms with van der Waals surface area (Å²) in [6.45, 7) is 4.02. The number of hydrogen-bond acceptors (Lipinski definition) is 5. The van der Waals surface area contributed by atoms with Gasteiger partial charge in [-0.3, -0.25) is 14.3 Å². The summed E-state index contributed by atoms with van der Waals surface area (Å²) in [6.07, 6.45) is 5.79. The highest BCUT2D eigenvalue weighted by molar-refractivity contribution is 7.99. The summed E-state index contributed by atoms with van der Waals surface area (Å²) in [5.41, 5.74) is 3.99. The first-order valence-corrected chi connectivity index (χ1v) is 9.70. The van der Waals surface area contributed by atoms with Crippen LogP contribution in [0.25, 0.3) is 11.4 Å². The molecule has 26 heavy (non-hydrogen) atoms. The van der Waals surface area contributed by atoms with Crippen molar-refractivity contribution in [3.8, 4) is 11.4 Å². The van der Waals surface area contributed by atoms with Crippen molar-refractivity contribution in [3.05, 3.63) is 59.4 Å². The van der Waals surface area contributed by atoms with Crippen molar-refractivity contribution >= 4 is 17.5 Å². The molecule has 0 atom stereocenters. The lowest BCUT2D eigenvalue weighted by molar-refractivity contribution is 0.102. The first kappa shape index (κ1) is 17.0. The van der Waals surface area contributed by atoms with Crippen LogP contribution in [0.15, 0.2) is 47.9 Å². The van der Waals surface area contributed by atoms with Crippen LogP contribution < -0.4 is 0 Å². The Morgan fingerprint density at radius 2 is 1.92 bits per heavy atom. The summed E-state index contributed by atoms with van der Waals surface area (Å²) in [6, 6.07) is 10.3. The van der Waals surface area contributed by atoms with E-state index in [-0.39, 0.29) is 5.78 Å². The summed E-state index contributed by atoms with van der Waals surface area (Å²) < 4.78 is 2.18. The molecule has 132 valence electrons. The monoisotopic (exact) mass is 364 g/mol. The van der Waals surface area contributed by atoms with E-state index in [1.165, 1.54) is 17.3 Å². The molecular formula is C20H20N4OS. The van der Waals surface area contributed by atoms with Crippen LogP contribution in [0.1, 0.15) is 40.4 Å². The largest absolute Gasteiger partial charge is 0.299 e. The molecule has 2 heterocycles. The average molecular weight is 364 g/mol. The number of thioether (sulfide) groups is 1. The Kier molecular flexibility index (Phi) is 4.59. The van der Waals surface area contributed by atoms with Gasteiger partial charge in [0.25, 0.3) is 0 Å². The molecule has 1 aromatic carbocycles. The van der Waals surface area contributed by atoms with Crippen molar-refractivity contribution < 1.29 is 4.79 Å². The highest BCUT2D eigenvalue weighted by Crippen LogP contribution is 2.41. The Hall–Kier alpha value is -2.47. The fourth-order valence-electron chi connectivity index (χ4n) is 3.07. The van der Waals surface area contributed by atoms with Gasteiger partial charge in [0, 0.05) is 29.6 Å². The van der Waals surface area contributed by atoms with Gasteiger partial charge in [-0.25, -0.2) is 0 Å². The molecule has 1 saturated carbocycles. The standard InChI is InChI=1S/C20H20N4OS/c1-13-3-6-17(14(2)11-13)18(25)12-26-20-23-22-19(24(20)16-4-5-16)15-7-9-21-10-8-15/h3,6-11,16H,4-5,12H2,1-2H3. The number of pyridine rings is 1. The Morgan fingerprint density at radius 1 is 1.15 bits per heavy atom. The SMILES string of the molecule is Cc1ccc(C(=O)CSc2nnc(-c3ccncc3)n2C2CC2)c(C)c1. The van der Waals surface area contributed by atoms with Gasteiger partial charge in [-0.2, -0.15) is 0 Å². The number of benzene rings is 1. The van der Waals surface area contributed by atoms with Gasteiger partial charge in [-0.15, -0.1) is 10.2 Å². The van der Waals surface area contributed by atoms with E-state index in [4.69, 9.17) is 0 Å². The Bertz CT molecular complexity index is 948. The fourth-order valence-corrected chi connectivity index (χ4v) is 3.96. The topological polar surface area (TPSA) is 60.7 Å². The van der Waals surface area contributed by atoms with Gasteiger partial charge in [0.1, 0.15) is 0 Å². The molecule has 2 aromatic heterocycles. The lowest BCUT2D eigenvalue weighted by atomic mass is 10.0. The summed E-state index contributed by atoms with van der Waals surface area (Å²) in [5, 5.41) is 9.56. The fraction of sp³-hybridized carbons (Fsp3) is 0.300. The van der Waals surface area contributed by atoms with Crippen LogP contribution in [0, 0.1) is 13.8 Å². The van der Waals surface area contributed by atoms with E-state index in [1.807, 2.05) is 44.2 Å². The van der Waals surface area contributed by atoms with E-state index in [9.17, 15) is 4.79 Å². The van der Waals surface area contributed by atoms with Crippen molar-refractivity contribution in [2.75, 3.05) is 5.75 Å². The molecular weight excluding hydrogens is 344 g/mol. The average Bonchev–Trinajstić information content (AvgIpc) is 3.39. The number of carbonyl (C=O) groups excluding carboxylic acids is 1. The second-order valence-corrected chi connectivity index (χ2v) is 7.62. The molecule has 6 heteroatoms. The minimum Gasteiger partial charge on any atom is -0.299 e. The zero-order chi connectivity index (χ0) is 18.1. The van der Waals surface area contributed by atoms with Crippen molar-refractivity contribution in [2.24, 2.45) is 0 Å². The molecule has 4 rings (SSSR count). The molecule has 0 radical (unpaired) electrons. The summed E-state index contributed by atoms with van der Waals surface area (Å²) in [4.78, 5) is 16.7. The lowest BCUT2D eigenvalue weighted by Gasteiger charge is -2.09. The molecule has 1 fully saturated rings. The number of ketones is 1. The van der Waals surface area contributed by atoms with Gasteiger partial charge in [-0.1, -0.05) is 35.5 Å². The number of rotatable bonds is 6. The van der Waals surface area contributed by atoms with Crippen LogP contribution in [0.2, 0.25) is 0 Å². The van der Waals surface area contributed by atoms with Crippen molar-refractivity contribution in [1.82, 2.24) is 19.7 Å². The molecule has 3 aromatic rings. The van der Waals surface area contributed by atoms with Crippen LogP contribution in [0.4, 0.5) is 0 Å². The highest BCUT2D eigenvalue weighted by atomic mass is 32.2. The summed E-state index contributed by atoms with van der Waals surface area (Å²) >= 11 is 1.47. The number of aryl methyl sites for hydroxylation is 2. The molecule has 0 bridgehead atoms. The van der Waals surface area contributed by atoms with Gasteiger partial charge in [-0.05, 0) is 44.4 Å². The van der Waals surface area contributed by atoms with Crippen LogP contribution in [0.5, 0.6) is 0 Å². The molecule has 1 aliphatic carbocycles. The number of nitrogens with zero attached hydrogens (tertiary/aromatic N) is 4. The molecule has 0 amide bonds. The van der Waals surface area contributed by atoms with E-state index in [0.29, 0.717) is 11.8 Å². The molecule has 1 aliphatic rings. The molecule has 0 aliphatic heterocycles. The summed E-state index contributed by atoms with van der Waals surface area (Å²) in [7, 11) is 0. The van der Waals surface area contributed by atoms with Crippen LogP contribution in [0.3, 0.4) is 0 Å². The number of Topliss-reactive ketones (excluding diaryl/α,β-unsaturated/α-hetero) is 1. The van der Waals surface area contributed by atoms with Gasteiger partial charge in [0.05, 0.1) is 5.75 Å². The maximum atomic E-state index is 12.6. The molecule has 0 spiro atoms. The first-order valence-electron chi connectivity index (χ1n) is 8.72.